The van der Waals surface area contributed by atoms with E-state index < -0.39 is 37.5 Å². The predicted octanol–water partition coefficient (Wildman–Crippen LogP) is 2.36. The molecule has 2 N–H and O–H groups in total. The summed E-state index contributed by atoms with van der Waals surface area (Å²) < 4.78 is 75.2. The highest BCUT2D eigenvalue weighted by Gasteiger charge is 2.40. The summed E-state index contributed by atoms with van der Waals surface area (Å²) in [6.45, 7) is 0.336. The summed E-state index contributed by atoms with van der Waals surface area (Å²) in [6.07, 6.45) is -4.18. The number of alkyl halides is 3. The van der Waals surface area contributed by atoms with Crippen molar-refractivity contribution in [3.05, 3.63) is 29.6 Å². The highest BCUT2D eigenvalue weighted by Crippen LogP contribution is 2.37. The fraction of sp³-hybridized carbons (Fsp3) is 0.500. The topological polar surface area (TPSA) is 60.2 Å². The molecule has 1 aromatic carbocycles. The van der Waals surface area contributed by atoms with Crippen LogP contribution in [0.5, 0.6) is 0 Å². The predicted molar refractivity (Wildman–Crippen MR) is 64.2 cm³/mol. The van der Waals surface area contributed by atoms with Crippen LogP contribution in [0.4, 0.5) is 17.6 Å². The van der Waals surface area contributed by atoms with Crippen molar-refractivity contribution in [3.63, 3.8) is 0 Å². The van der Waals surface area contributed by atoms with Crippen molar-refractivity contribution in [2.75, 3.05) is 6.54 Å². The average Bonchev–Trinajstić information content (AvgIpc) is 2.25. The second kappa shape index (κ2) is 5.00. The lowest BCUT2D eigenvalue weighted by molar-refractivity contribution is -0.137. The van der Waals surface area contributed by atoms with Gasteiger partial charge in [-0.05, 0) is 43.5 Å². The standard InChI is InChI=1S/C12H13F4NO2S/c13-9-3-8(12(14,15)16)4-11(5-9)20(18,19)10-1-7(2-10)6-17/h3-5,7,10H,1-2,6,17H2. The van der Waals surface area contributed by atoms with Crippen LogP contribution in [0.3, 0.4) is 0 Å². The van der Waals surface area contributed by atoms with E-state index in [-0.39, 0.29) is 12.0 Å². The lowest BCUT2D eigenvalue weighted by atomic mass is 9.85. The van der Waals surface area contributed by atoms with Gasteiger partial charge in [-0.3, -0.25) is 0 Å². The van der Waals surface area contributed by atoms with Crippen molar-refractivity contribution >= 4 is 9.84 Å². The number of benzene rings is 1. The third-order valence-electron chi connectivity index (χ3n) is 3.49. The molecule has 8 heteroatoms. The number of hydrogen-bond acceptors (Lipinski definition) is 3. The fourth-order valence-electron chi connectivity index (χ4n) is 2.20. The molecular formula is C12H13F4NO2S. The molecule has 2 rings (SSSR count). The van der Waals surface area contributed by atoms with Gasteiger partial charge in [-0.1, -0.05) is 0 Å². The Morgan fingerprint density at radius 3 is 2.30 bits per heavy atom. The van der Waals surface area contributed by atoms with E-state index in [0.29, 0.717) is 31.5 Å². The monoisotopic (exact) mass is 311 g/mol. The van der Waals surface area contributed by atoms with Crippen LogP contribution >= 0.6 is 0 Å². The van der Waals surface area contributed by atoms with Gasteiger partial charge in [0.15, 0.2) is 9.84 Å². The Kier molecular flexibility index (Phi) is 3.81. The summed E-state index contributed by atoms with van der Waals surface area (Å²) >= 11 is 0. The Morgan fingerprint density at radius 2 is 1.80 bits per heavy atom. The molecule has 112 valence electrons. The van der Waals surface area contributed by atoms with Crippen molar-refractivity contribution in [1.82, 2.24) is 0 Å². The minimum atomic E-state index is -4.79. The first-order valence-corrected chi connectivity index (χ1v) is 7.51. The summed E-state index contributed by atoms with van der Waals surface area (Å²) in [7, 11) is -3.95. The zero-order chi connectivity index (χ0) is 15.1. The first-order valence-electron chi connectivity index (χ1n) is 5.96. The molecule has 1 aliphatic carbocycles. The minimum absolute atomic E-state index is 0.0606. The smallest absolute Gasteiger partial charge is 0.330 e. The number of rotatable bonds is 3. The highest BCUT2D eigenvalue weighted by molar-refractivity contribution is 7.92. The molecule has 1 aromatic rings. The maximum absolute atomic E-state index is 13.2. The molecule has 1 saturated carbocycles. The number of nitrogens with two attached hydrogens (primary N) is 1. The average molecular weight is 311 g/mol. The van der Waals surface area contributed by atoms with Crippen LogP contribution in [0.25, 0.3) is 0 Å². The zero-order valence-corrected chi connectivity index (χ0v) is 11.1. The van der Waals surface area contributed by atoms with E-state index in [1.807, 2.05) is 0 Å². The van der Waals surface area contributed by atoms with Gasteiger partial charge in [0.2, 0.25) is 0 Å². The van der Waals surface area contributed by atoms with Crippen LogP contribution in [0.2, 0.25) is 0 Å². The second-order valence-corrected chi connectivity index (χ2v) is 7.14. The van der Waals surface area contributed by atoms with E-state index in [0.717, 1.165) is 0 Å². The van der Waals surface area contributed by atoms with Gasteiger partial charge in [0, 0.05) is 0 Å². The van der Waals surface area contributed by atoms with E-state index >= 15 is 0 Å². The van der Waals surface area contributed by atoms with Gasteiger partial charge in [-0.25, -0.2) is 12.8 Å². The summed E-state index contributed by atoms with van der Waals surface area (Å²) in [6, 6.07) is 1.39. The molecule has 0 radical (unpaired) electrons. The van der Waals surface area contributed by atoms with E-state index in [2.05, 4.69) is 0 Å². The molecule has 1 fully saturated rings. The lowest BCUT2D eigenvalue weighted by Crippen LogP contribution is -2.39. The maximum atomic E-state index is 13.2. The highest BCUT2D eigenvalue weighted by atomic mass is 32.2. The lowest BCUT2D eigenvalue weighted by Gasteiger charge is -2.33. The molecule has 3 nitrogen and oxygen atoms in total. The van der Waals surface area contributed by atoms with Gasteiger partial charge in [0.05, 0.1) is 15.7 Å². The number of halogens is 4. The Hall–Kier alpha value is -1.15. The fourth-order valence-corrected chi connectivity index (χ4v) is 4.21. The van der Waals surface area contributed by atoms with Crippen molar-refractivity contribution < 1.29 is 26.0 Å². The first kappa shape index (κ1) is 15.2. The number of sulfone groups is 1. The maximum Gasteiger partial charge on any atom is 0.416 e. The van der Waals surface area contributed by atoms with Gasteiger partial charge in [-0.2, -0.15) is 13.2 Å². The number of hydrogen-bond donors (Lipinski definition) is 1. The SMILES string of the molecule is NCC1CC(S(=O)(=O)c2cc(F)cc(C(F)(F)F)c2)C1. The molecule has 0 atom stereocenters. The Balaban J connectivity index is 2.36. The van der Waals surface area contributed by atoms with Gasteiger partial charge < -0.3 is 5.73 Å². The molecule has 0 spiro atoms. The second-order valence-electron chi connectivity index (χ2n) is 4.91. The summed E-state index contributed by atoms with van der Waals surface area (Å²) in [5.74, 6) is -1.15. The summed E-state index contributed by atoms with van der Waals surface area (Å²) in [5, 5.41) is -0.779. The van der Waals surface area contributed by atoms with E-state index in [4.69, 9.17) is 5.73 Å². The largest absolute Gasteiger partial charge is 0.416 e. The van der Waals surface area contributed by atoms with Crippen LogP contribution < -0.4 is 5.73 Å². The van der Waals surface area contributed by atoms with Crippen molar-refractivity contribution in [1.29, 1.82) is 0 Å². The van der Waals surface area contributed by atoms with Crippen LogP contribution in [0, 0.1) is 11.7 Å². The molecule has 0 heterocycles. The third-order valence-corrected chi connectivity index (χ3v) is 5.65. The summed E-state index contributed by atoms with van der Waals surface area (Å²) in [5.41, 5.74) is 4.08. The van der Waals surface area contributed by atoms with Crippen molar-refractivity contribution in [2.24, 2.45) is 11.7 Å². The molecule has 0 bridgehead atoms. The molecule has 0 amide bonds. The van der Waals surface area contributed by atoms with Gasteiger partial charge >= 0.3 is 6.18 Å². The van der Waals surface area contributed by atoms with Crippen LogP contribution in [-0.2, 0) is 16.0 Å². The molecule has 0 saturated heterocycles. The first-order chi connectivity index (χ1) is 9.14. The van der Waals surface area contributed by atoms with Gasteiger partial charge in [0.1, 0.15) is 5.82 Å². The Bertz CT molecular complexity index is 606. The molecule has 0 aromatic heterocycles. The minimum Gasteiger partial charge on any atom is -0.330 e. The summed E-state index contributed by atoms with van der Waals surface area (Å²) in [4.78, 5) is -0.620. The van der Waals surface area contributed by atoms with E-state index in [1.165, 1.54) is 0 Å². The molecule has 20 heavy (non-hydrogen) atoms. The van der Waals surface area contributed by atoms with E-state index in [1.54, 1.807) is 0 Å². The zero-order valence-electron chi connectivity index (χ0n) is 10.3. The molecular weight excluding hydrogens is 298 g/mol. The quantitative estimate of drug-likeness (QED) is 0.872. The van der Waals surface area contributed by atoms with Crippen LogP contribution in [0.1, 0.15) is 18.4 Å². The normalized spacial score (nSPS) is 23.4. The van der Waals surface area contributed by atoms with Gasteiger partial charge in [0.25, 0.3) is 0 Å². The molecule has 1 aliphatic rings. The molecule has 0 aliphatic heterocycles. The Morgan fingerprint density at radius 1 is 1.20 bits per heavy atom. The van der Waals surface area contributed by atoms with Crippen molar-refractivity contribution in [3.8, 4) is 0 Å². The van der Waals surface area contributed by atoms with E-state index in [9.17, 15) is 26.0 Å². The third kappa shape index (κ3) is 2.80. The Labute approximate surface area is 113 Å². The van der Waals surface area contributed by atoms with Gasteiger partial charge in [-0.15, -0.1) is 0 Å². The van der Waals surface area contributed by atoms with Crippen molar-refractivity contribution in [2.45, 2.75) is 29.2 Å². The van der Waals surface area contributed by atoms with Crippen LogP contribution in [0.15, 0.2) is 23.1 Å². The van der Waals surface area contributed by atoms with Crippen LogP contribution in [-0.4, -0.2) is 20.2 Å². The molecule has 0 unspecified atom stereocenters.